The zero-order chi connectivity index (χ0) is 21.3. The summed E-state index contributed by atoms with van der Waals surface area (Å²) >= 11 is 0. The first-order valence-corrected chi connectivity index (χ1v) is 9.56. The molecule has 4 rings (SSSR count). The second-order valence-corrected chi connectivity index (χ2v) is 7.11. The number of primary amides is 1. The molecule has 9 heteroatoms. The molecule has 0 radical (unpaired) electrons. The molecule has 0 aliphatic carbocycles. The normalized spacial score (nSPS) is 16.5. The van der Waals surface area contributed by atoms with E-state index in [2.05, 4.69) is 15.1 Å². The molecular weight excluding hydrogens is 384 g/mol. The van der Waals surface area contributed by atoms with Crippen LogP contribution in [0.15, 0.2) is 42.9 Å². The van der Waals surface area contributed by atoms with Gasteiger partial charge in [-0.1, -0.05) is 12.1 Å². The van der Waals surface area contributed by atoms with Crippen LogP contribution in [0, 0.1) is 6.92 Å². The smallest absolute Gasteiger partial charge is 0.257 e. The second-order valence-electron chi connectivity index (χ2n) is 7.11. The predicted octanol–water partition coefficient (Wildman–Crippen LogP) is 1.50. The second kappa shape index (κ2) is 8.03. The third-order valence-electron chi connectivity index (χ3n) is 5.29. The van der Waals surface area contributed by atoms with E-state index in [0.29, 0.717) is 42.2 Å². The summed E-state index contributed by atoms with van der Waals surface area (Å²) in [5.74, 6) is -0.568. The van der Waals surface area contributed by atoms with E-state index < -0.39 is 12.0 Å². The average molecular weight is 406 g/mol. The molecule has 0 bridgehead atoms. The van der Waals surface area contributed by atoms with Crippen LogP contribution in [0.1, 0.15) is 38.2 Å². The zero-order valence-corrected chi connectivity index (χ0v) is 16.8. The van der Waals surface area contributed by atoms with E-state index in [4.69, 9.17) is 10.5 Å². The number of carbonyl (C=O) groups excluding carboxylic acids is 2. The Morgan fingerprint density at radius 1 is 1.17 bits per heavy atom. The van der Waals surface area contributed by atoms with Crippen molar-refractivity contribution in [1.29, 1.82) is 0 Å². The standard InChI is InChI=1S/C21H22N6O3/c1-13-16(11-25-26(13)2)21(29)27-9-10-30-17(12-27)19-18(23-7-8-24-19)14-3-5-15(6-4-14)20(22)28/h3-8,11,17H,9-10,12H2,1-2H3,(H2,22,28). The van der Waals surface area contributed by atoms with Crippen LogP contribution in [-0.2, 0) is 11.8 Å². The van der Waals surface area contributed by atoms with Crippen molar-refractivity contribution in [3.8, 4) is 11.3 Å². The van der Waals surface area contributed by atoms with Gasteiger partial charge < -0.3 is 15.4 Å². The molecule has 9 nitrogen and oxygen atoms in total. The molecule has 1 aromatic carbocycles. The highest BCUT2D eigenvalue weighted by Crippen LogP contribution is 2.29. The molecule has 1 saturated heterocycles. The first-order valence-electron chi connectivity index (χ1n) is 9.56. The molecular formula is C21H22N6O3. The van der Waals surface area contributed by atoms with Crippen molar-refractivity contribution in [1.82, 2.24) is 24.6 Å². The maximum Gasteiger partial charge on any atom is 0.257 e. The SMILES string of the molecule is Cc1c(C(=O)N2CCOC(c3nccnc3-c3ccc(C(N)=O)cc3)C2)cnn1C. The van der Waals surface area contributed by atoms with Crippen molar-refractivity contribution in [2.24, 2.45) is 12.8 Å². The Balaban J connectivity index is 1.60. The van der Waals surface area contributed by atoms with Crippen molar-refractivity contribution in [3.05, 3.63) is 65.4 Å². The summed E-state index contributed by atoms with van der Waals surface area (Å²) in [6.45, 7) is 3.12. The Labute approximate surface area is 173 Å². The number of aromatic nitrogens is 4. The zero-order valence-electron chi connectivity index (χ0n) is 16.8. The first-order chi connectivity index (χ1) is 14.5. The largest absolute Gasteiger partial charge is 0.368 e. The lowest BCUT2D eigenvalue weighted by atomic mass is 10.0. The summed E-state index contributed by atoms with van der Waals surface area (Å²) in [4.78, 5) is 35.1. The number of nitrogens with zero attached hydrogens (tertiary/aromatic N) is 5. The fourth-order valence-corrected chi connectivity index (χ4v) is 3.48. The van der Waals surface area contributed by atoms with Crippen LogP contribution in [0.5, 0.6) is 0 Å². The molecule has 2 amide bonds. The van der Waals surface area contributed by atoms with Gasteiger partial charge in [-0.15, -0.1) is 0 Å². The number of morpholine rings is 1. The number of rotatable bonds is 4. The van der Waals surface area contributed by atoms with Gasteiger partial charge in [0.25, 0.3) is 5.91 Å². The number of aryl methyl sites for hydroxylation is 1. The number of hydrogen-bond donors (Lipinski definition) is 1. The van der Waals surface area contributed by atoms with Gasteiger partial charge in [-0.25, -0.2) is 0 Å². The lowest BCUT2D eigenvalue weighted by Crippen LogP contribution is -2.42. The molecule has 0 saturated carbocycles. The Kier molecular flexibility index (Phi) is 5.28. The summed E-state index contributed by atoms with van der Waals surface area (Å²) in [5.41, 5.74) is 9.22. The first kappa shape index (κ1) is 19.7. The summed E-state index contributed by atoms with van der Waals surface area (Å²) in [6, 6.07) is 6.86. The topological polar surface area (TPSA) is 116 Å². The molecule has 2 N–H and O–H groups in total. The highest BCUT2D eigenvalue weighted by Gasteiger charge is 2.30. The summed E-state index contributed by atoms with van der Waals surface area (Å²) in [7, 11) is 1.81. The van der Waals surface area contributed by atoms with Gasteiger partial charge in [-0.3, -0.25) is 24.2 Å². The van der Waals surface area contributed by atoms with E-state index in [-0.39, 0.29) is 5.91 Å². The van der Waals surface area contributed by atoms with Crippen molar-refractivity contribution in [2.45, 2.75) is 13.0 Å². The molecule has 1 unspecified atom stereocenters. The third kappa shape index (κ3) is 3.67. The van der Waals surface area contributed by atoms with Crippen LogP contribution < -0.4 is 5.73 Å². The Bertz CT molecular complexity index is 1090. The van der Waals surface area contributed by atoms with Gasteiger partial charge in [-0.05, 0) is 19.1 Å². The summed E-state index contributed by atoms with van der Waals surface area (Å²) < 4.78 is 7.63. The maximum atomic E-state index is 13.0. The quantitative estimate of drug-likeness (QED) is 0.702. The highest BCUT2D eigenvalue weighted by atomic mass is 16.5. The summed E-state index contributed by atoms with van der Waals surface area (Å²) in [6.07, 6.45) is 4.38. The van der Waals surface area contributed by atoms with Crippen LogP contribution in [0.25, 0.3) is 11.3 Å². The van der Waals surface area contributed by atoms with E-state index >= 15 is 0 Å². The van der Waals surface area contributed by atoms with Gasteiger partial charge in [0.1, 0.15) is 6.10 Å². The van der Waals surface area contributed by atoms with Gasteiger partial charge in [0.15, 0.2) is 0 Å². The number of hydrogen-bond acceptors (Lipinski definition) is 6. The Morgan fingerprint density at radius 2 is 1.90 bits per heavy atom. The van der Waals surface area contributed by atoms with Crippen LogP contribution in [0.2, 0.25) is 0 Å². The lowest BCUT2D eigenvalue weighted by Gasteiger charge is -2.33. The van der Waals surface area contributed by atoms with Crippen LogP contribution in [0.3, 0.4) is 0 Å². The van der Waals surface area contributed by atoms with Gasteiger partial charge >= 0.3 is 0 Å². The molecule has 1 atom stereocenters. The molecule has 1 fully saturated rings. The van der Waals surface area contributed by atoms with Crippen LogP contribution in [-0.4, -0.2) is 56.2 Å². The van der Waals surface area contributed by atoms with E-state index in [9.17, 15) is 9.59 Å². The van der Waals surface area contributed by atoms with Gasteiger partial charge in [0, 0.05) is 42.8 Å². The summed E-state index contributed by atoms with van der Waals surface area (Å²) in [5, 5.41) is 4.17. The minimum atomic E-state index is -0.489. The maximum absolute atomic E-state index is 13.0. The van der Waals surface area contributed by atoms with Crippen molar-refractivity contribution >= 4 is 11.8 Å². The highest BCUT2D eigenvalue weighted by molar-refractivity contribution is 5.95. The molecule has 3 heterocycles. The van der Waals surface area contributed by atoms with Crippen molar-refractivity contribution in [3.63, 3.8) is 0 Å². The van der Waals surface area contributed by atoms with Gasteiger partial charge in [0.2, 0.25) is 5.91 Å². The fourth-order valence-electron chi connectivity index (χ4n) is 3.48. The van der Waals surface area contributed by atoms with Crippen LogP contribution in [0.4, 0.5) is 0 Å². The van der Waals surface area contributed by atoms with Crippen molar-refractivity contribution < 1.29 is 14.3 Å². The monoisotopic (exact) mass is 406 g/mol. The minimum absolute atomic E-state index is 0.0786. The van der Waals surface area contributed by atoms with Gasteiger partial charge in [-0.2, -0.15) is 5.10 Å². The molecule has 154 valence electrons. The van der Waals surface area contributed by atoms with E-state index in [1.807, 2.05) is 14.0 Å². The van der Waals surface area contributed by atoms with Crippen LogP contribution >= 0.6 is 0 Å². The van der Waals surface area contributed by atoms with E-state index in [1.165, 1.54) is 0 Å². The van der Waals surface area contributed by atoms with E-state index in [0.717, 1.165) is 11.3 Å². The number of benzene rings is 1. The third-order valence-corrected chi connectivity index (χ3v) is 5.29. The Hall–Kier alpha value is -3.59. The van der Waals surface area contributed by atoms with Gasteiger partial charge in [0.05, 0.1) is 36.3 Å². The van der Waals surface area contributed by atoms with Crippen molar-refractivity contribution in [2.75, 3.05) is 19.7 Å². The van der Waals surface area contributed by atoms with E-state index in [1.54, 1.807) is 52.4 Å². The molecule has 3 aromatic rings. The predicted molar refractivity (Wildman–Crippen MR) is 109 cm³/mol. The minimum Gasteiger partial charge on any atom is -0.368 e. The number of nitrogens with two attached hydrogens (primary N) is 1. The number of carbonyl (C=O) groups is 2. The fraction of sp³-hybridized carbons (Fsp3) is 0.286. The molecule has 1 aliphatic heterocycles. The molecule has 1 aliphatic rings. The lowest BCUT2D eigenvalue weighted by molar-refractivity contribution is -0.0246. The number of amides is 2. The molecule has 30 heavy (non-hydrogen) atoms. The molecule has 2 aromatic heterocycles. The Morgan fingerprint density at radius 3 is 2.57 bits per heavy atom. The average Bonchev–Trinajstić information content (AvgIpc) is 3.11. The molecule has 0 spiro atoms. The number of ether oxygens (including phenoxy) is 1.